The van der Waals surface area contributed by atoms with Crippen LogP contribution >= 0.6 is 11.6 Å². The lowest BCUT2D eigenvalue weighted by atomic mass is 9.95. The molecule has 2 unspecified atom stereocenters. The quantitative estimate of drug-likeness (QED) is 0.789. The summed E-state index contributed by atoms with van der Waals surface area (Å²) in [6, 6.07) is 8.15. The summed E-state index contributed by atoms with van der Waals surface area (Å²) in [6.07, 6.45) is 2.38. The third-order valence-corrected chi connectivity index (χ3v) is 3.78. The molecule has 19 heavy (non-hydrogen) atoms. The highest BCUT2D eigenvalue weighted by Crippen LogP contribution is 2.31. The van der Waals surface area contributed by atoms with Gasteiger partial charge in [-0.1, -0.05) is 38.8 Å². The smallest absolute Gasteiger partial charge is 0.134 e. The molecular weight excluding hydrogens is 258 g/mol. The molecule has 3 heteroatoms. The predicted molar refractivity (Wildman–Crippen MR) is 81.7 cm³/mol. The first-order valence-corrected chi connectivity index (χ1v) is 7.45. The largest absolute Gasteiger partial charge is 0.459 e. The van der Waals surface area contributed by atoms with Crippen molar-refractivity contribution in [1.29, 1.82) is 0 Å². The van der Waals surface area contributed by atoms with Crippen molar-refractivity contribution in [1.82, 2.24) is 5.32 Å². The lowest BCUT2D eigenvalue weighted by Gasteiger charge is -2.22. The average molecular weight is 280 g/mol. The molecule has 0 aliphatic rings. The van der Waals surface area contributed by atoms with Gasteiger partial charge in [0, 0.05) is 10.4 Å². The normalized spacial score (nSPS) is 14.7. The van der Waals surface area contributed by atoms with Crippen LogP contribution in [0.5, 0.6) is 0 Å². The van der Waals surface area contributed by atoms with Crippen LogP contribution in [0.15, 0.2) is 28.7 Å². The molecule has 0 fully saturated rings. The van der Waals surface area contributed by atoms with E-state index in [4.69, 9.17) is 16.0 Å². The number of halogens is 1. The van der Waals surface area contributed by atoms with Crippen molar-refractivity contribution in [2.75, 3.05) is 6.54 Å². The zero-order valence-electron chi connectivity index (χ0n) is 11.9. The van der Waals surface area contributed by atoms with Gasteiger partial charge in [0.15, 0.2) is 0 Å². The molecule has 0 saturated heterocycles. The zero-order valence-corrected chi connectivity index (χ0v) is 12.6. The Morgan fingerprint density at radius 3 is 2.74 bits per heavy atom. The van der Waals surface area contributed by atoms with Gasteiger partial charge in [-0.2, -0.15) is 0 Å². The van der Waals surface area contributed by atoms with Gasteiger partial charge in [0.05, 0.1) is 6.04 Å². The fraction of sp³-hybridized carbons (Fsp3) is 0.500. The Bertz CT molecular complexity index is 535. The van der Waals surface area contributed by atoms with Crippen LogP contribution in [0.3, 0.4) is 0 Å². The summed E-state index contributed by atoms with van der Waals surface area (Å²) < 4.78 is 5.98. The van der Waals surface area contributed by atoms with Crippen LogP contribution in [-0.2, 0) is 0 Å². The number of nitrogens with one attached hydrogen (secondary N) is 1. The molecule has 2 rings (SSSR count). The van der Waals surface area contributed by atoms with Crippen molar-refractivity contribution in [2.24, 2.45) is 5.92 Å². The summed E-state index contributed by atoms with van der Waals surface area (Å²) in [6.45, 7) is 7.57. The molecular formula is C16H22ClNO. The third kappa shape index (κ3) is 3.31. The number of fused-ring (bicyclic) bond motifs is 1. The van der Waals surface area contributed by atoms with Gasteiger partial charge in [-0.3, -0.25) is 0 Å². The molecule has 2 nitrogen and oxygen atoms in total. The molecule has 0 spiro atoms. The standard InChI is InChI=1S/C16H22ClNO/c1-4-6-11(3)16(18-5-2)15-10-12-9-13(17)7-8-14(12)19-15/h7-11,16,18H,4-6H2,1-3H3. The fourth-order valence-corrected chi connectivity index (χ4v) is 2.79. The summed E-state index contributed by atoms with van der Waals surface area (Å²) >= 11 is 6.02. The molecule has 0 bridgehead atoms. The Kier molecular flexibility index (Phi) is 4.89. The minimum Gasteiger partial charge on any atom is -0.459 e. The number of rotatable bonds is 6. The molecule has 0 radical (unpaired) electrons. The third-order valence-electron chi connectivity index (χ3n) is 3.54. The van der Waals surface area contributed by atoms with E-state index in [1.165, 1.54) is 12.8 Å². The first-order chi connectivity index (χ1) is 9.15. The molecule has 2 aromatic rings. The molecule has 1 aromatic heterocycles. The van der Waals surface area contributed by atoms with E-state index in [1.54, 1.807) is 0 Å². The van der Waals surface area contributed by atoms with Crippen LogP contribution in [0.1, 0.15) is 45.4 Å². The van der Waals surface area contributed by atoms with Crippen LogP contribution in [0, 0.1) is 5.92 Å². The summed E-state index contributed by atoms with van der Waals surface area (Å²) in [4.78, 5) is 0. The summed E-state index contributed by atoms with van der Waals surface area (Å²) in [5.74, 6) is 1.57. The first-order valence-electron chi connectivity index (χ1n) is 7.08. The van der Waals surface area contributed by atoms with E-state index >= 15 is 0 Å². The number of hydrogen-bond acceptors (Lipinski definition) is 2. The maximum Gasteiger partial charge on any atom is 0.134 e. The van der Waals surface area contributed by atoms with Crippen molar-refractivity contribution in [3.63, 3.8) is 0 Å². The summed E-state index contributed by atoms with van der Waals surface area (Å²) in [7, 11) is 0. The van der Waals surface area contributed by atoms with Gasteiger partial charge >= 0.3 is 0 Å². The molecule has 0 aliphatic heterocycles. The molecule has 0 aliphatic carbocycles. The Hall–Kier alpha value is -0.990. The number of hydrogen-bond donors (Lipinski definition) is 1. The summed E-state index contributed by atoms with van der Waals surface area (Å²) in [5.41, 5.74) is 0.908. The first kappa shape index (κ1) is 14.4. The highest BCUT2D eigenvalue weighted by atomic mass is 35.5. The molecule has 2 atom stereocenters. The summed E-state index contributed by atoms with van der Waals surface area (Å²) in [5, 5.41) is 5.36. The van der Waals surface area contributed by atoms with E-state index in [2.05, 4.69) is 32.2 Å². The van der Waals surface area contributed by atoms with Crippen molar-refractivity contribution in [3.05, 3.63) is 35.0 Å². The maximum atomic E-state index is 6.02. The lowest BCUT2D eigenvalue weighted by Crippen LogP contribution is -2.26. The molecule has 104 valence electrons. The van der Waals surface area contributed by atoms with Gasteiger partial charge in [-0.05, 0) is 43.1 Å². The van der Waals surface area contributed by atoms with Crippen LogP contribution in [0.4, 0.5) is 0 Å². The van der Waals surface area contributed by atoms with Crippen LogP contribution < -0.4 is 5.32 Å². The molecule has 1 heterocycles. The Morgan fingerprint density at radius 2 is 2.05 bits per heavy atom. The molecule has 0 saturated carbocycles. The van der Waals surface area contributed by atoms with Gasteiger partial charge in [0.25, 0.3) is 0 Å². The second kappa shape index (κ2) is 6.44. The SMILES string of the molecule is CCCC(C)C(NCC)c1cc2cc(Cl)ccc2o1. The van der Waals surface area contributed by atoms with E-state index in [-0.39, 0.29) is 6.04 Å². The van der Waals surface area contributed by atoms with Gasteiger partial charge in [0.1, 0.15) is 11.3 Å². The van der Waals surface area contributed by atoms with E-state index in [9.17, 15) is 0 Å². The predicted octanol–water partition coefficient (Wildman–Crippen LogP) is 5.17. The van der Waals surface area contributed by atoms with E-state index in [0.717, 1.165) is 28.3 Å². The Morgan fingerprint density at radius 1 is 1.26 bits per heavy atom. The average Bonchev–Trinajstić information content (AvgIpc) is 2.78. The monoisotopic (exact) mass is 279 g/mol. The molecule has 1 N–H and O–H groups in total. The lowest BCUT2D eigenvalue weighted by molar-refractivity contribution is 0.322. The van der Waals surface area contributed by atoms with E-state index in [1.807, 2.05) is 18.2 Å². The van der Waals surface area contributed by atoms with Crippen molar-refractivity contribution >= 4 is 22.6 Å². The van der Waals surface area contributed by atoms with Gasteiger partial charge in [-0.25, -0.2) is 0 Å². The van der Waals surface area contributed by atoms with Crippen molar-refractivity contribution < 1.29 is 4.42 Å². The highest BCUT2D eigenvalue weighted by Gasteiger charge is 2.21. The Balaban J connectivity index is 2.32. The number of furan rings is 1. The van der Waals surface area contributed by atoms with Gasteiger partial charge in [-0.15, -0.1) is 0 Å². The van der Waals surface area contributed by atoms with Gasteiger partial charge in [0.2, 0.25) is 0 Å². The fourth-order valence-electron chi connectivity index (χ4n) is 2.61. The second-order valence-corrected chi connectivity index (χ2v) is 5.57. The van der Waals surface area contributed by atoms with Crippen LogP contribution in [-0.4, -0.2) is 6.54 Å². The van der Waals surface area contributed by atoms with E-state index < -0.39 is 0 Å². The highest BCUT2D eigenvalue weighted by molar-refractivity contribution is 6.31. The van der Waals surface area contributed by atoms with E-state index in [0.29, 0.717) is 5.92 Å². The van der Waals surface area contributed by atoms with Crippen LogP contribution in [0.2, 0.25) is 5.02 Å². The maximum absolute atomic E-state index is 6.02. The molecule has 1 aromatic carbocycles. The molecule has 0 amide bonds. The van der Waals surface area contributed by atoms with Gasteiger partial charge < -0.3 is 9.73 Å². The Labute approximate surface area is 120 Å². The number of benzene rings is 1. The minimum atomic E-state index is 0.274. The topological polar surface area (TPSA) is 25.2 Å². The zero-order chi connectivity index (χ0) is 13.8. The van der Waals surface area contributed by atoms with Crippen molar-refractivity contribution in [2.45, 2.75) is 39.7 Å². The van der Waals surface area contributed by atoms with Crippen LogP contribution in [0.25, 0.3) is 11.0 Å². The van der Waals surface area contributed by atoms with Crippen molar-refractivity contribution in [3.8, 4) is 0 Å². The second-order valence-electron chi connectivity index (χ2n) is 5.13. The minimum absolute atomic E-state index is 0.274.